The lowest BCUT2D eigenvalue weighted by Gasteiger charge is -2.30. The van der Waals surface area contributed by atoms with Gasteiger partial charge in [0.25, 0.3) is 5.91 Å². The maximum absolute atomic E-state index is 12.9. The van der Waals surface area contributed by atoms with Crippen LogP contribution in [0.15, 0.2) is 18.2 Å². The molecule has 0 radical (unpaired) electrons. The van der Waals surface area contributed by atoms with Gasteiger partial charge in [-0.05, 0) is 64.7 Å². The topological polar surface area (TPSA) is 73.9 Å². The summed E-state index contributed by atoms with van der Waals surface area (Å²) < 4.78 is 16.7. The van der Waals surface area contributed by atoms with E-state index in [0.717, 1.165) is 6.42 Å². The molecule has 1 aromatic rings. The number of ether oxygens (including phenoxy) is 3. The van der Waals surface area contributed by atoms with Crippen molar-refractivity contribution in [2.75, 3.05) is 18.5 Å². The highest BCUT2D eigenvalue weighted by Crippen LogP contribution is 2.28. The molecule has 0 saturated carbocycles. The summed E-state index contributed by atoms with van der Waals surface area (Å²) >= 11 is 0. The van der Waals surface area contributed by atoms with Gasteiger partial charge in [-0.3, -0.25) is 4.79 Å². The van der Waals surface area contributed by atoms with Crippen molar-refractivity contribution in [3.05, 3.63) is 23.8 Å². The van der Waals surface area contributed by atoms with Crippen LogP contribution in [0.5, 0.6) is 5.75 Å². The Balaban J connectivity index is 3.14. The fraction of sp³-hybridized carbons (Fsp3) is 0.636. The zero-order valence-corrected chi connectivity index (χ0v) is 18.3. The van der Waals surface area contributed by atoms with Crippen molar-refractivity contribution in [1.82, 2.24) is 0 Å². The minimum absolute atomic E-state index is 0.0408. The number of anilines is 1. The number of carbonyl (C=O) groups excluding carboxylic acids is 2. The molecule has 0 aliphatic rings. The van der Waals surface area contributed by atoms with Crippen LogP contribution in [0, 0.1) is 5.92 Å². The summed E-state index contributed by atoms with van der Waals surface area (Å²) in [5.41, 5.74) is -0.153. The molecule has 28 heavy (non-hydrogen) atoms. The van der Waals surface area contributed by atoms with E-state index >= 15 is 0 Å². The van der Waals surface area contributed by atoms with E-state index in [9.17, 15) is 9.59 Å². The van der Waals surface area contributed by atoms with Crippen molar-refractivity contribution in [2.45, 2.75) is 73.0 Å². The molecule has 2 atom stereocenters. The molecule has 1 N–H and O–H groups in total. The Bertz CT molecular complexity index is 658. The Kier molecular flexibility index (Phi) is 9.46. The van der Waals surface area contributed by atoms with Crippen LogP contribution >= 0.6 is 0 Å². The molecule has 0 aliphatic carbocycles. The third-order valence-electron chi connectivity index (χ3n) is 4.38. The number of benzene rings is 1. The molecule has 0 saturated heterocycles. The zero-order chi connectivity index (χ0) is 21.3. The van der Waals surface area contributed by atoms with Gasteiger partial charge in [0, 0.05) is 12.3 Å². The molecule has 0 aliphatic heterocycles. The Morgan fingerprint density at radius 3 is 2.32 bits per heavy atom. The van der Waals surface area contributed by atoms with E-state index in [2.05, 4.69) is 5.32 Å². The highest BCUT2D eigenvalue weighted by molar-refractivity contribution is 5.99. The Hall–Kier alpha value is -2.08. The molecule has 6 nitrogen and oxygen atoms in total. The number of nitrogens with one attached hydrogen (secondary N) is 1. The first-order valence-corrected chi connectivity index (χ1v) is 10.1. The monoisotopic (exact) mass is 393 g/mol. The average molecular weight is 394 g/mol. The average Bonchev–Trinajstić information content (AvgIpc) is 2.62. The second-order valence-electron chi connectivity index (χ2n) is 7.48. The van der Waals surface area contributed by atoms with Crippen LogP contribution in [0.3, 0.4) is 0 Å². The molecule has 0 aromatic heterocycles. The van der Waals surface area contributed by atoms with Crippen molar-refractivity contribution in [1.29, 1.82) is 0 Å². The van der Waals surface area contributed by atoms with E-state index in [4.69, 9.17) is 14.2 Å². The molecule has 1 amide bonds. The van der Waals surface area contributed by atoms with Crippen molar-refractivity contribution in [2.24, 2.45) is 5.92 Å². The molecule has 1 aromatic carbocycles. The summed E-state index contributed by atoms with van der Waals surface area (Å²) in [6, 6.07) is 5.00. The smallest absolute Gasteiger partial charge is 0.341 e. The highest BCUT2D eigenvalue weighted by Gasteiger charge is 2.35. The second kappa shape index (κ2) is 11.1. The molecule has 6 heteroatoms. The lowest BCUT2D eigenvalue weighted by atomic mass is 9.93. The Morgan fingerprint density at radius 2 is 1.79 bits per heavy atom. The third-order valence-corrected chi connectivity index (χ3v) is 4.38. The van der Waals surface area contributed by atoms with Crippen molar-refractivity contribution < 1.29 is 23.8 Å². The number of rotatable bonds is 11. The van der Waals surface area contributed by atoms with Crippen LogP contribution in [0.1, 0.15) is 71.7 Å². The van der Waals surface area contributed by atoms with Crippen LogP contribution in [0.25, 0.3) is 0 Å². The Morgan fingerprint density at radius 1 is 1.11 bits per heavy atom. The molecule has 0 spiro atoms. The van der Waals surface area contributed by atoms with E-state index < -0.39 is 11.6 Å². The van der Waals surface area contributed by atoms with Gasteiger partial charge < -0.3 is 19.5 Å². The van der Waals surface area contributed by atoms with Gasteiger partial charge in [-0.1, -0.05) is 20.8 Å². The normalized spacial score (nSPS) is 14.3. The summed E-state index contributed by atoms with van der Waals surface area (Å²) in [6.07, 6.45) is 1.36. The molecular weight excluding hydrogens is 358 g/mol. The number of amides is 1. The van der Waals surface area contributed by atoms with Crippen LogP contribution in [0.4, 0.5) is 5.69 Å². The van der Waals surface area contributed by atoms with Gasteiger partial charge in [-0.25, -0.2) is 4.79 Å². The fourth-order valence-electron chi connectivity index (χ4n) is 2.96. The largest absolute Gasteiger partial charge is 0.490 e. The van der Waals surface area contributed by atoms with Crippen molar-refractivity contribution in [3.63, 3.8) is 0 Å². The number of carbonyl (C=O) groups is 2. The van der Waals surface area contributed by atoms with E-state index in [-0.39, 0.29) is 18.6 Å². The van der Waals surface area contributed by atoms with Crippen LogP contribution in [0.2, 0.25) is 0 Å². The van der Waals surface area contributed by atoms with Gasteiger partial charge in [0.05, 0.1) is 12.7 Å². The van der Waals surface area contributed by atoms with Crippen LogP contribution < -0.4 is 10.1 Å². The van der Waals surface area contributed by atoms with Gasteiger partial charge in [0.15, 0.2) is 0 Å². The summed E-state index contributed by atoms with van der Waals surface area (Å²) in [7, 11) is 0. The number of hydrogen-bond acceptors (Lipinski definition) is 5. The molecule has 0 heterocycles. The predicted octanol–water partition coefficient (Wildman–Crippen LogP) is 4.82. The first-order valence-electron chi connectivity index (χ1n) is 10.1. The first kappa shape index (κ1) is 24.0. The lowest BCUT2D eigenvalue weighted by Crippen LogP contribution is -2.44. The molecule has 0 bridgehead atoms. The second-order valence-corrected chi connectivity index (χ2v) is 7.48. The van der Waals surface area contributed by atoms with E-state index in [1.54, 1.807) is 32.0 Å². The molecule has 0 fully saturated rings. The molecule has 158 valence electrons. The number of esters is 1. The molecular formula is C22H35NO5. The van der Waals surface area contributed by atoms with Gasteiger partial charge in [-0.2, -0.15) is 0 Å². The summed E-state index contributed by atoms with van der Waals surface area (Å²) in [5, 5.41) is 2.88. The lowest BCUT2D eigenvalue weighted by molar-refractivity contribution is -0.140. The van der Waals surface area contributed by atoms with Gasteiger partial charge in [0.2, 0.25) is 0 Å². The van der Waals surface area contributed by atoms with Gasteiger partial charge in [0.1, 0.15) is 16.9 Å². The Labute approximate surface area is 168 Å². The summed E-state index contributed by atoms with van der Waals surface area (Å²) in [4.78, 5) is 25.3. The van der Waals surface area contributed by atoms with Crippen LogP contribution in [-0.4, -0.2) is 36.8 Å². The quantitative estimate of drug-likeness (QED) is 0.546. The molecule has 0 unspecified atom stereocenters. The zero-order valence-electron chi connectivity index (χ0n) is 18.3. The maximum Gasteiger partial charge on any atom is 0.341 e. The van der Waals surface area contributed by atoms with Gasteiger partial charge in [-0.15, -0.1) is 0 Å². The van der Waals surface area contributed by atoms with E-state index in [0.29, 0.717) is 35.9 Å². The minimum Gasteiger partial charge on any atom is -0.490 e. The summed E-state index contributed by atoms with van der Waals surface area (Å²) in [6.45, 7) is 14.1. The van der Waals surface area contributed by atoms with E-state index in [1.165, 1.54) is 0 Å². The highest BCUT2D eigenvalue weighted by atomic mass is 16.5. The SMILES string of the molecule is CCOC(=O)c1cc(NC(=O)[C@@](C)(CC(C)C)OCC)ccc1O[C@H](C)CC. The minimum atomic E-state index is -0.946. The standard InChI is InChI=1S/C22H35NO5/c1-8-16(6)28-19-12-11-17(13-18(19)20(24)26-9-2)23-21(25)22(7,27-10-3)14-15(4)5/h11-13,15-16H,8-10,14H2,1-7H3,(H,23,25)/t16-,22-/m1/s1. The fourth-order valence-corrected chi connectivity index (χ4v) is 2.96. The van der Waals surface area contributed by atoms with Gasteiger partial charge >= 0.3 is 5.97 Å². The maximum atomic E-state index is 12.9. The van der Waals surface area contributed by atoms with Crippen molar-refractivity contribution >= 4 is 17.6 Å². The van der Waals surface area contributed by atoms with E-state index in [1.807, 2.05) is 34.6 Å². The summed E-state index contributed by atoms with van der Waals surface area (Å²) in [5.74, 6) is 0.0179. The number of hydrogen-bond donors (Lipinski definition) is 1. The van der Waals surface area contributed by atoms with Crippen LogP contribution in [-0.2, 0) is 14.3 Å². The molecule has 1 rings (SSSR count). The van der Waals surface area contributed by atoms with Crippen molar-refractivity contribution in [3.8, 4) is 5.75 Å². The first-order chi connectivity index (χ1) is 13.2. The third kappa shape index (κ3) is 6.82. The predicted molar refractivity (Wildman–Crippen MR) is 111 cm³/mol.